The van der Waals surface area contributed by atoms with Gasteiger partial charge in [0, 0.05) is 0 Å². The largest absolute Gasteiger partial charge is 0.0581 e. The van der Waals surface area contributed by atoms with Crippen molar-refractivity contribution in [1.82, 2.24) is 0 Å². The molecule has 0 bridgehead atoms. The molecule has 0 aliphatic rings. The molecule has 0 aliphatic carbocycles. The summed E-state index contributed by atoms with van der Waals surface area (Å²) in [5.74, 6) is 0. The van der Waals surface area contributed by atoms with Crippen LogP contribution in [0.5, 0.6) is 0 Å². The van der Waals surface area contributed by atoms with Crippen molar-refractivity contribution in [3.8, 4) is 0 Å². The highest BCUT2D eigenvalue weighted by Gasteiger charge is 2.31. The van der Waals surface area contributed by atoms with E-state index in [1.807, 2.05) is 0 Å². The van der Waals surface area contributed by atoms with Crippen LogP contribution in [0.15, 0.2) is 72.8 Å². The third-order valence-electron chi connectivity index (χ3n) is 39.2. The van der Waals surface area contributed by atoms with Gasteiger partial charge in [0.1, 0.15) is 0 Å². The Hall–Kier alpha value is -12.5. The summed E-state index contributed by atoms with van der Waals surface area (Å²) in [6.45, 7) is 110. The van der Waals surface area contributed by atoms with Gasteiger partial charge in [0.25, 0.3) is 0 Å². The molecule has 0 radical (unpaired) electrons. The van der Waals surface area contributed by atoms with Crippen molar-refractivity contribution in [2.45, 2.75) is 332 Å². The highest BCUT2D eigenvalue weighted by atomic mass is 14.3. The molecule has 0 aromatic heterocycles. The molecule has 732 valence electrons. The summed E-state index contributed by atoms with van der Waals surface area (Å²) in [6.07, 6.45) is 0. The van der Waals surface area contributed by atoms with Gasteiger partial charge in [-0.2, -0.15) is 0 Å². The maximum atomic E-state index is 2.42. The Morgan fingerprint density at radius 3 is 0.493 bits per heavy atom. The van der Waals surface area contributed by atoms with E-state index in [0.29, 0.717) is 0 Å². The standard InChI is InChI=1S/6C24H26/c1-11-9-19-15(5)14(4)18(8)22-12(2)10-20-16(6)13(3)17(7)21(11)23(20)24(19)22;1-11-9-19-15(5)13(3)16(6)20-10-12(2)22-18(8)14(4)17(7)21(11)24(22)23(19)20;1-11-9-12(2)21-17(7)18(8)22-16(6)14(4)15(5)19-10-13(3)20(11)24(21)23(19)22;1-11-9-12(2)20-17(7)18(8)22-16(6)14(4)15(5)21-13(3)10-19(11)23(20)24(21)22;1-11-9-12(2)20-17(7)18(8)22-14(4)10-13(3)21-16(6)15(5)19(11)23(20)24(21)22;1-11-9-10-19-13(3)16(6)21-14(4)12(2)15(5)22-18(8)17(7)20(11)23(19)24(21)22/h6*9-10H,1-8H3. The monoisotopic (exact) mass is 1890 g/mol. The highest BCUT2D eigenvalue weighted by molar-refractivity contribution is 6.35. The van der Waals surface area contributed by atoms with Crippen LogP contribution in [0.1, 0.15) is 267 Å². The number of hydrogen-bond donors (Lipinski definition) is 0. The van der Waals surface area contributed by atoms with Crippen molar-refractivity contribution in [3.63, 3.8) is 0 Å². The fourth-order valence-corrected chi connectivity index (χ4v) is 29.6. The molecule has 0 N–H and O–H groups in total. The quantitative estimate of drug-likeness (QED) is 0.133. The zero-order valence-electron chi connectivity index (χ0n) is 96.9. The average Bonchev–Trinajstić information content (AvgIpc) is 0.724. The van der Waals surface area contributed by atoms with Crippen LogP contribution in [0.3, 0.4) is 0 Å². The van der Waals surface area contributed by atoms with Crippen LogP contribution >= 0.6 is 0 Å². The summed E-state index contributed by atoms with van der Waals surface area (Å²) >= 11 is 0. The van der Waals surface area contributed by atoms with Gasteiger partial charge in [-0.3, -0.25) is 0 Å². The van der Waals surface area contributed by atoms with Gasteiger partial charge in [0.2, 0.25) is 0 Å². The molecule has 0 aliphatic heterocycles. The molecule has 24 rings (SSSR count). The molecule has 0 spiro atoms. The van der Waals surface area contributed by atoms with E-state index >= 15 is 0 Å². The van der Waals surface area contributed by atoms with Crippen LogP contribution in [0.4, 0.5) is 0 Å². The number of rotatable bonds is 0. The molecule has 0 amide bonds. The van der Waals surface area contributed by atoms with Crippen molar-refractivity contribution < 1.29 is 0 Å². The molecule has 0 saturated carbocycles. The van der Waals surface area contributed by atoms with Crippen LogP contribution in [0.25, 0.3) is 194 Å². The summed E-state index contributed by atoms with van der Waals surface area (Å²) < 4.78 is 0. The lowest BCUT2D eigenvalue weighted by Crippen LogP contribution is -2.02. The predicted molar refractivity (Wildman–Crippen MR) is 648 cm³/mol. The number of aryl methyl sites for hydroxylation is 41. The summed E-state index contributed by atoms with van der Waals surface area (Å²) in [4.78, 5) is 0. The fourth-order valence-electron chi connectivity index (χ4n) is 29.6. The van der Waals surface area contributed by atoms with Gasteiger partial charge in [-0.1, -0.05) is 72.8 Å². The molecule has 24 aromatic rings. The van der Waals surface area contributed by atoms with Gasteiger partial charge in [0.15, 0.2) is 0 Å². The second-order valence-electron chi connectivity index (χ2n) is 46.4. The first-order valence-corrected chi connectivity index (χ1v) is 53.4. The van der Waals surface area contributed by atoms with Gasteiger partial charge in [0.05, 0.1) is 0 Å². The minimum Gasteiger partial charge on any atom is -0.0581 e. The summed E-state index contributed by atoms with van der Waals surface area (Å²) in [7, 11) is 0. The van der Waals surface area contributed by atoms with E-state index in [9.17, 15) is 0 Å². The third kappa shape index (κ3) is 13.6. The second kappa shape index (κ2) is 34.6. The molecular weight excluding hydrogens is 1730 g/mol. The summed E-state index contributed by atoms with van der Waals surface area (Å²) in [6, 6.07) is 28.6. The van der Waals surface area contributed by atoms with E-state index in [0.717, 1.165) is 0 Å². The molecule has 0 heterocycles. The summed E-state index contributed by atoms with van der Waals surface area (Å²) in [5, 5.41) is 52.9. The minimum absolute atomic E-state index is 1.39. The lowest BCUT2D eigenvalue weighted by Gasteiger charge is -2.25. The van der Waals surface area contributed by atoms with E-state index in [1.54, 1.807) is 0 Å². The van der Waals surface area contributed by atoms with Gasteiger partial charge < -0.3 is 0 Å². The topological polar surface area (TPSA) is 0 Å². The van der Waals surface area contributed by atoms with Crippen LogP contribution in [0.2, 0.25) is 0 Å². The molecule has 144 heavy (non-hydrogen) atoms. The van der Waals surface area contributed by atoms with Crippen LogP contribution in [0, 0.1) is 332 Å². The Bertz CT molecular complexity index is 9400. The Morgan fingerprint density at radius 1 is 0.0694 bits per heavy atom. The zero-order chi connectivity index (χ0) is 105. The lowest BCUT2D eigenvalue weighted by atomic mass is 9.79. The Balaban J connectivity index is 0.000000109. The second-order valence-corrected chi connectivity index (χ2v) is 46.4. The molecule has 24 aromatic carbocycles. The predicted octanol–water partition coefficient (Wildman–Crippen LogP) is 42.3. The molecular formula is C144H156. The van der Waals surface area contributed by atoms with Crippen molar-refractivity contribution in [2.75, 3.05) is 0 Å². The average molecular weight is 1890 g/mol. The van der Waals surface area contributed by atoms with E-state index < -0.39 is 0 Å². The highest BCUT2D eigenvalue weighted by Crippen LogP contribution is 2.55. The van der Waals surface area contributed by atoms with Crippen molar-refractivity contribution in [3.05, 3.63) is 340 Å². The maximum absolute atomic E-state index is 2.42. The third-order valence-corrected chi connectivity index (χ3v) is 39.2. The van der Waals surface area contributed by atoms with E-state index in [4.69, 9.17) is 0 Å². The van der Waals surface area contributed by atoms with Crippen LogP contribution in [-0.4, -0.2) is 0 Å². The first-order valence-electron chi connectivity index (χ1n) is 53.4. The summed E-state index contributed by atoms with van der Waals surface area (Å²) in [5.41, 5.74) is 68.7. The van der Waals surface area contributed by atoms with E-state index in [-0.39, 0.29) is 0 Å². The first-order chi connectivity index (χ1) is 67.5. The van der Waals surface area contributed by atoms with Crippen LogP contribution < -0.4 is 0 Å². The SMILES string of the molecule is Cc1c(C)c2c(C)c(C)c3ccc(C)c4c(C)c(C)c(c1C)c2c34.Cc1c(C)c2c(C)cc3c(C)cc(C)c4c(C)c(C)c(c1C)c2c34.Cc1c(C)c2cc(C)c3c(C)c(C)c(C)c4c(C)cc(c1C)c2c34.Cc1c(C)c2cc(C)c3c(C)c(C)c(C)c4cc(C)c(c1C)c2c43.Cc1c(C)c2cc(C)c3c(C)cc(C)c4c(C)c(C)c(c1C)c2c34.Cc1cc(C)c2c(C)c(C)c3c(C)cc(C)c4c(C)c(C)c1c2c43. The number of benzene rings is 24. The Kier molecular flexibility index (Phi) is 24.1. The van der Waals surface area contributed by atoms with Gasteiger partial charge in [-0.25, -0.2) is 0 Å². The van der Waals surface area contributed by atoms with Gasteiger partial charge >= 0.3 is 0 Å². The lowest BCUT2D eigenvalue weighted by molar-refractivity contribution is 1.28. The maximum Gasteiger partial charge on any atom is -0.00154 e. The smallest absolute Gasteiger partial charge is 0.00154 e. The molecule has 0 fully saturated rings. The van der Waals surface area contributed by atoms with Crippen molar-refractivity contribution in [1.29, 1.82) is 0 Å². The van der Waals surface area contributed by atoms with E-state index in [2.05, 4.69) is 405 Å². The van der Waals surface area contributed by atoms with Gasteiger partial charge in [-0.05, 0) is 793 Å². The van der Waals surface area contributed by atoms with E-state index in [1.165, 1.54) is 461 Å². The molecule has 0 atom stereocenters. The molecule has 0 saturated heterocycles. The normalized spacial score (nSPS) is 12.2. The first kappa shape index (κ1) is 100. The Morgan fingerprint density at radius 2 is 0.201 bits per heavy atom. The fraction of sp³-hybridized carbons (Fsp3) is 0.333. The minimum atomic E-state index is 1.39. The number of hydrogen-bond acceptors (Lipinski definition) is 0. The van der Waals surface area contributed by atoms with Crippen molar-refractivity contribution in [2.24, 2.45) is 0 Å². The van der Waals surface area contributed by atoms with Gasteiger partial charge in [-0.15, -0.1) is 0 Å². The van der Waals surface area contributed by atoms with Crippen LogP contribution in [-0.2, 0) is 0 Å². The molecule has 0 unspecified atom stereocenters. The molecule has 0 nitrogen and oxygen atoms in total. The zero-order valence-corrected chi connectivity index (χ0v) is 96.9. The van der Waals surface area contributed by atoms with Crippen molar-refractivity contribution >= 4 is 194 Å². The molecule has 0 heteroatoms. The Labute approximate surface area is 859 Å².